The highest BCUT2D eigenvalue weighted by Gasteiger charge is 2.56. The molecule has 4 heterocycles. The molecule has 6 unspecified atom stereocenters. The van der Waals surface area contributed by atoms with Gasteiger partial charge in [-0.2, -0.15) is 0 Å². The molecule has 1 amide bonds. The van der Waals surface area contributed by atoms with E-state index >= 15 is 0 Å². The van der Waals surface area contributed by atoms with E-state index in [1.807, 2.05) is 5.01 Å². The van der Waals surface area contributed by atoms with E-state index < -0.39 is 12.3 Å². The molecule has 0 radical (unpaired) electrons. The number of rotatable bonds is 8. The Morgan fingerprint density at radius 1 is 1.50 bits per heavy atom. The fraction of sp³-hybridized carbons (Fsp3) is 0.783. The molecule has 180 valence electrons. The van der Waals surface area contributed by atoms with Gasteiger partial charge in [-0.25, -0.2) is 4.39 Å². The van der Waals surface area contributed by atoms with Crippen LogP contribution in [-0.2, 0) is 4.79 Å². The van der Waals surface area contributed by atoms with Crippen LogP contribution in [0.4, 0.5) is 4.39 Å². The maximum Gasteiger partial charge on any atom is 0.250 e. The molecule has 0 aromatic heterocycles. The Bertz CT molecular complexity index is 765. The lowest BCUT2D eigenvalue weighted by atomic mass is 9.52. The first-order valence-electron chi connectivity index (χ1n) is 12.1. The first-order valence-corrected chi connectivity index (χ1v) is 12.1. The zero-order valence-corrected chi connectivity index (χ0v) is 19.4. The van der Waals surface area contributed by atoms with Gasteiger partial charge in [0.25, 0.3) is 5.91 Å². The van der Waals surface area contributed by atoms with Gasteiger partial charge in [0.05, 0.1) is 12.2 Å². The second-order valence-electron chi connectivity index (χ2n) is 9.88. The maximum atomic E-state index is 14.3. The fourth-order valence-electron chi connectivity index (χ4n) is 6.02. The summed E-state index contributed by atoms with van der Waals surface area (Å²) in [4.78, 5) is 13.6. The summed E-state index contributed by atoms with van der Waals surface area (Å²) in [6.07, 6.45) is 4.51. The summed E-state index contributed by atoms with van der Waals surface area (Å²) < 4.78 is 14.3. The second kappa shape index (κ2) is 9.77. The molecular weight excluding hydrogens is 409 g/mol. The molecule has 6 atom stereocenters. The summed E-state index contributed by atoms with van der Waals surface area (Å²) in [5.74, 6) is 0.107. The summed E-state index contributed by atoms with van der Waals surface area (Å²) >= 11 is 0. The minimum absolute atomic E-state index is 0.000909. The van der Waals surface area contributed by atoms with Crippen LogP contribution in [0.2, 0.25) is 0 Å². The summed E-state index contributed by atoms with van der Waals surface area (Å²) in [6, 6.07) is -0.266. The topological polar surface area (TPSA) is 123 Å². The average Bonchev–Trinajstić information content (AvgIpc) is 3.26. The van der Waals surface area contributed by atoms with Crippen molar-refractivity contribution in [1.29, 1.82) is 0 Å². The standard InChI is InChI=1S/C23H39FN7O/c1-3-5-16-15-11-23(16,2)19(10-14(24)12-25)30-21(26)20(15)22(32)29-17-13-27-8-6-18(17)31-9-4-7-28-31/h6,14,16-17,19,21,27,30H,3-5,7-13,25-26H2,1-2H3,(H,29,32)/q-1. The maximum absolute atomic E-state index is 14.3. The summed E-state index contributed by atoms with van der Waals surface area (Å²) in [7, 11) is 0. The van der Waals surface area contributed by atoms with Crippen molar-refractivity contribution in [2.24, 2.45) is 22.8 Å². The predicted octanol–water partition coefficient (Wildman–Crippen LogP) is 1.02. The van der Waals surface area contributed by atoms with E-state index in [9.17, 15) is 9.18 Å². The average molecular weight is 449 g/mol. The number of fused-ring (bicyclic) bond motifs is 3. The van der Waals surface area contributed by atoms with E-state index in [4.69, 9.17) is 11.5 Å². The predicted molar refractivity (Wildman–Crippen MR) is 124 cm³/mol. The zero-order valence-electron chi connectivity index (χ0n) is 19.4. The number of carbonyl (C=O) groups is 1. The van der Waals surface area contributed by atoms with E-state index in [0.717, 1.165) is 56.6 Å². The van der Waals surface area contributed by atoms with Crippen LogP contribution in [0.15, 0.2) is 22.9 Å². The van der Waals surface area contributed by atoms with E-state index in [1.165, 1.54) is 0 Å². The third-order valence-electron chi connectivity index (χ3n) is 7.75. The molecule has 4 aliphatic heterocycles. The smallest absolute Gasteiger partial charge is 0.250 e. The van der Waals surface area contributed by atoms with Crippen LogP contribution in [0.5, 0.6) is 0 Å². The Morgan fingerprint density at radius 3 is 3.00 bits per heavy atom. The van der Waals surface area contributed by atoms with Crippen LogP contribution in [0, 0.1) is 11.3 Å². The highest BCUT2D eigenvalue weighted by atomic mass is 19.1. The number of allylic oxidation sites excluding steroid dienone is 1. The molecule has 2 fully saturated rings. The van der Waals surface area contributed by atoms with E-state index in [1.54, 1.807) is 0 Å². The lowest BCUT2D eigenvalue weighted by molar-refractivity contribution is -0.118. The molecule has 2 bridgehead atoms. The van der Waals surface area contributed by atoms with Gasteiger partial charge in [-0.1, -0.05) is 38.3 Å². The van der Waals surface area contributed by atoms with Crippen LogP contribution >= 0.6 is 0 Å². The van der Waals surface area contributed by atoms with Crippen molar-refractivity contribution in [2.75, 3.05) is 32.7 Å². The number of carbonyl (C=O) groups excluding carboxylic acids is 1. The molecule has 9 heteroatoms. The Kier molecular flexibility index (Phi) is 7.21. The first-order chi connectivity index (χ1) is 15.4. The van der Waals surface area contributed by atoms with E-state index in [2.05, 4.69) is 41.3 Å². The molecule has 7 N–H and O–H groups in total. The third-order valence-corrected chi connectivity index (χ3v) is 7.75. The van der Waals surface area contributed by atoms with Crippen LogP contribution in [-0.4, -0.2) is 68.1 Å². The van der Waals surface area contributed by atoms with E-state index in [-0.39, 0.29) is 35.9 Å². The SMILES string of the molecule is CCCC1C2=C(C(=O)NC3CNCC=C3N3CCC[N-]3)C(N)NC(CC(F)CN)C1(C)C2. The summed E-state index contributed by atoms with van der Waals surface area (Å²) in [5, 5.41) is 12.0. The number of hydrogen-bond acceptors (Lipinski definition) is 6. The van der Waals surface area contributed by atoms with Crippen molar-refractivity contribution in [2.45, 2.75) is 70.4 Å². The molecule has 8 nitrogen and oxygen atoms in total. The van der Waals surface area contributed by atoms with Crippen LogP contribution in [0.25, 0.3) is 5.43 Å². The normalized spacial score (nSPS) is 35.8. The number of amides is 1. The lowest BCUT2D eigenvalue weighted by Gasteiger charge is -2.53. The summed E-state index contributed by atoms with van der Waals surface area (Å²) in [5.41, 5.74) is 19.4. The minimum Gasteiger partial charge on any atom is -0.568 e. The van der Waals surface area contributed by atoms with Crippen molar-refractivity contribution in [1.82, 2.24) is 21.0 Å². The quantitative estimate of drug-likeness (QED) is 0.378. The highest BCUT2D eigenvalue weighted by molar-refractivity contribution is 5.96. The lowest BCUT2D eigenvalue weighted by Crippen LogP contribution is -2.56. The Morgan fingerprint density at radius 2 is 2.31 bits per heavy atom. The van der Waals surface area contributed by atoms with Crippen molar-refractivity contribution in [3.05, 3.63) is 28.3 Å². The van der Waals surface area contributed by atoms with Gasteiger partial charge in [0, 0.05) is 36.9 Å². The van der Waals surface area contributed by atoms with Crippen molar-refractivity contribution in [3.63, 3.8) is 0 Å². The monoisotopic (exact) mass is 448 g/mol. The third kappa shape index (κ3) is 4.33. The van der Waals surface area contributed by atoms with Gasteiger partial charge < -0.3 is 32.5 Å². The molecule has 32 heavy (non-hydrogen) atoms. The zero-order chi connectivity index (χ0) is 22.9. The molecule has 1 saturated carbocycles. The second-order valence-corrected chi connectivity index (χ2v) is 9.88. The molecule has 5 rings (SSSR count). The Labute approximate surface area is 190 Å². The molecule has 0 spiro atoms. The molecule has 5 aliphatic rings. The van der Waals surface area contributed by atoms with E-state index in [0.29, 0.717) is 18.5 Å². The molecule has 0 aromatic carbocycles. The van der Waals surface area contributed by atoms with Gasteiger partial charge in [0.2, 0.25) is 0 Å². The van der Waals surface area contributed by atoms with Gasteiger partial charge in [0.15, 0.2) is 0 Å². The van der Waals surface area contributed by atoms with Crippen LogP contribution in [0.1, 0.15) is 46.0 Å². The number of nitrogens with one attached hydrogen (secondary N) is 3. The molecule has 1 aliphatic carbocycles. The number of alkyl halides is 1. The molecular formula is C23H39FN7O-. The minimum atomic E-state index is -1.08. The van der Waals surface area contributed by atoms with Crippen LogP contribution in [0.3, 0.4) is 0 Å². The van der Waals surface area contributed by atoms with Gasteiger partial charge >= 0.3 is 0 Å². The largest absolute Gasteiger partial charge is 0.568 e. The number of halogens is 1. The summed E-state index contributed by atoms with van der Waals surface area (Å²) in [6.45, 7) is 7.50. The first kappa shape index (κ1) is 23.6. The Hall–Kier alpha value is -1.52. The Balaban J connectivity index is 1.56. The number of nitrogens with zero attached hydrogens (tertiary/aromatic N) is 2. The van der Waals surface area contributed by atoms with Gasteiger partial charge in [-0.15, -0.1) is 6.54 Å². The highest BCUT2D eigenvalue weighted by Crippen LogP contribution is 2.58. The molecule has 1 saturated heterocycles. The molecule has 0 aromatic rings. The van der Waals surface area contributed by atoms with Crippen molar-refractivity contribution in [3.8, 4) is 0 Å². The van der Waals surface area contributed by atoms with Gasteiger partial charge in [-0.3, -0.25) is 10.1 Å². The van der Waals surface area contributed by atoms with Gasteiger partial charge in [-0.05, 0) is 37.1 Å². The number of hydrogen-bond donors (Lipinski definition) is 5. The van der Waals surface area contributed by atoms with Crippen molar-refractivity contribution >= 4 is 5.91 Å². The van der Waals surface area contributed by atoms with Crippen molar-refractivity contribution < 1.29 is 9.18 Å². The van der Waals surface area contributed by atoms with Gasteiger partial charge in [0.1, 0.15) is 6.17 Å². The number of nitrogens with two attached hydrogens (primary N) is 2. The van der Waals surface area contributed by atoms with Crippen LogP contribution < -0.4 is 27.4 Å². The fourth-order valence-corrected chi connectivity index (χ4v) is 6.02.